The number of halogens is 3. The van der Waals surface area contributed by atoms with Gasteiger partial charge in [0, 0.05) is 6.21 Å². The van der Waals surface area contributed by atoms with Crippen LogP contribution >= 0.6 is 0 Å². The summed E-state index contributed by atoms with van der Waals surface area (Å²) in [6.45, 7) is 0. The summed E-state index contributed by atoms with van der Waals surface area (Å²) in [5, 5.41) is 0. The Morgan fingerprint density at radius 1 is 1.38 bits per heavy atom. The molecule has 0 unspecified atom stereocenters. The van der Waals surface area contributed by atoms with Crippen LogP contribution in [0.5, 0.6) is 0 Å². The third kappa shape index (κ3) is 3.72. The zero-order chi connectivity index (χ0) is 12.2. The van der Waals surface area contributed by atoms with Gasteiger partial charge in [0.2, 0.25) is 0 Å². The number of carbonyl (C=O) groups excluding carboxylic acids is 1. The fourth-order valence-electron chi connectivity index (χ4n) is 1.04. The molecule has 0 radical (unpaired) electrons. The molecule has 0 saturated heterocycles. The lowest BCUT2D eigenvalue weighted by molar-refractivity contribution is -0.120. The molecule has 0 saturated carbocycles. The summed E-state index contributed by atoms with van der Waals surface area (Å²) >= 11 is 0. The maximum Gasteiger partial charge on any atom is 0.393 e. The number of rotatable bonds is 3. The molecular formula is C10H9F3N2O. The number of carbonyl (C=O) groups is 1. The van der Waals surface area contributed by atoms with Gasteiger partial charge < -0.3 is 5.73 Å². The largest absolute Gasteiger partial charge is 0.393 e. The van der Waals surface area contributed by atoms with E-state index < -0.39 is 18.5 Å². The molecule has 0 heterocycles. The molecule has 16 heavy (non-hydrogen) atoms. The summed E-state index contributed by atoms with van der Waals surface area (Å²) in [7, 11) is 0. The number of para-hydroxylation sites is 1. The van der Waals surface area contributed by atoms with Crippen LogP contribution in [0.3, 0.4) is 0 Å². The fraction of sp³-hybridized carbons (Fsp3) is 0.200. The SMILES string of the molecule is NC(=O)c1ccccc1N=CCC(F)(F)F. The Morgan fingerprint density at radius 2 is 2.00 bits per heavy atom. The van der Waals surface area contributed by atoms with E-state index in [0.29, 0.717) is 6.21 Å². The average molecular weight is 230 g/mol. The van der Waals surface area contributed by atoms with Crippen molar-refractivity contribution >= 4 is 17.8 Å². The Bertz CT molecular complexity index is 413. The molecule has 86 valence electrons. The van der Waals surface area contributed by atoms with Gasteiger partial charge in [-0.05, 0) is 12.1 Å². The van der Waals surface area contributed by atoms with Crippen LogP contribution in [-0.2, 0) is 0 Å². The van der Waals surface area contributed by atoms with Crippen LogP contribution in [0, 0.1) is 0 Å². The highest BCUT2D eigenvalue weighted by Crippen LogP contribution is 2.21. The smallest absolute Gasteiger partial charge is 0.366 e. The molecule has 0 aromatic heterocycles. The van der Waals surface area contributed by atoms with Crippen molar-refractivity contribution in [3.05, 3.63) is 29.8 Å². The van der Waals surface area contributed by atoms with Gasteiger partial charge in [0.1, 0.15) is 0 Å². The van der Waals surface area contributed by atoms with Crippen LogP contribution in [0.15, 0.2) is 29.3 Å². The maximum atomic E-state index is 11.8. The highest BCUT2D eigenvalue weighted by molar-refractivity contribution is 5.98. The quantitative estimate of drug-likeness (QED) is 0.796. The molecule has 0 atom stereocenters. The van der Waals surface area contributed by atoms with Crippen molar-refractivity contribution in [2.45, 2.75) is 12.6 Å². The summed E-state index contributed by atoms with van der Waals surface area (Å²) in [5.41, 5.74) is 5.27. The van der Waals surface area contributed by atoms with Gasteiger partial charge in [-0.25, -0.2) is 0 Å². The number of amides is 1. The molecule has 0 aliphatic heterocycles. The Kier molecular flexibility index (Phi) is 3.65. The zero-order valence-corrected chi connectivity index (χ0v) is 8.16. The first-order chi connectivity index (χ1) is 7.40. The highest BCUT2D eigenvalue weighted by Gasteiger charge is 2.25. The number of alkyl halides is 3. The van der Waals surface area contributed by atoms with Crippen molar-refractivity contribution in [1.82, 2.24) is 0 Å². The van der Waals surface area contributed by atoms with E-state index in [1.807, 2.05) is 0 Å². The lowest BCUT2D eigenvalue weighted by atomic mass is 10.2. The van der Waals surface area contributed by atoms with E-state index in [1.165, 1.54) is 12.1 Å². The second-order valence-electron chi connectivity index (χ2n) is 3.01. The fourth-order valence-corrected chi connectivity index (χ4v) is 1.04. The van der Waals surface area contributed by atoms with Crippen LogP contribution in [0.4, 0.5) is 18.9 Å². The lowest BCUT2D eigenvalue weighted by Gasteiger charge is -2.02. The Morgan fingerprint density at radius 3 is 2.56 bits per heavy atom. The van der Waals surface area contributed by atoms with E-state index in [4.69, 9.17) is 5.73 Å². The normalized spacial score (nSPS) is 11.9. The van der Waals surface area contributed by atoms with Gasteiger partial charge >= 0.3 is 6.18 Å². The molecule has 1 rings (SSSR count). The zero-order valence-electron chi connectivity index (χ0n) is 8.16. The van der Waals surface area contributed by atoms with E-state index >= 15 is 0 Å². The highest BCUT2D eigenvalue weighted by atomic mass is 19.4. The number of nitrogens with zero attached hydrogens (tertiary/aromatic N) is 1. The summed E-state index contributed by atoms with van der Waals surface area (Å²) in [5.74, 6) is -0.722. The third-order valence-electron chi connectivity index (χ3n) is 1.72. The predicted molar refractivity (Wildman–Crippen MR) is 53.8 cm³/mol. The molecule has 0 bridgehead atoms. The summed E-state index contributed by atoms with van der Waals surface area (Å²) in [6.07, 6.45) is -4.73. The third-order valence-corrected chi connectivity index (χ3v) is 1.72. The number of nitrogens with two attached hydrogens (primary N) is 1. The molecule has 6 heteroatoms. The number of primary amides is 1. The first-order valence-corrected chi connectivity index (χ1v) is 4.38. The first-order valence-electron chi connectivity index (χ1n) is 4.38. The van der Waals surface area contributed by atoms with Crippen molar-refractivity contribution < 1.29 is 18.0 Å². The van der Waals surface area contributed by atoms with Crippen molar-refractivity contribution in [2.24, 2.45) is 10.7 Å². The summed E-state index contributed by atoms with van der Waals surface area (Å²) in [6, 6.07) is 5.95. The number of hydrogen-bond donors (Lipinski definition) is 1. The molecule has 0 aliphatic rings. The second kappa shape index (κ2) is 4.78. The van der Waals surface area contributed by atoms with Crippen molar-refractivity contribution in [2.75, 3.05) is 0 Å². The minimum absolute atomic E-state index is 0.0981. The molecular weight excluding hydrogens is 221 g/mol. The minimum Gasteiger partial charge on any atom is -0.366 e. The van der Waals surface area contributed by atoms with Crippen LogP contribution in [0.2, 0.25) is 0 Å². The van der Waals surface area contributed by atoms with Crippen LogP contribution in [0.1, 0.15) is 16.8 Å². The molecule has 0 fully saturated rings. The van der Waals surface area contributed by atoms with Crippen LogP contribution < -0.4 is 5.73 Å². The Balaban J connectivity index is 2.85. The van der Waals surface area contributed by atoms with Crippen LogP contribution in [-0.4, -0.2) is 18.3 Å². The Hall–Kier alpha value is -1.85. The molecule has 3 nitrogen and oxygen atoms in total. The molecule has 0 aliphatic carbocycles. The Labute approximate surface area is 89.8 Å². The van der Waals surface area contributed by atoms with E-state index in [-0.39, 0.29) is 11.3 Å². The molecule has 1 aromatic rings. The molecule has 1 amide bonds. The van der Waals surface area contributed by atoms with Gasteiger partial charge in [0.25, 0.3) is 5.91 Å². The number of benzene rings is 1. The van der Waals surface area contributed by atoms with Gasteiger partial charge in [0.15, 0.2) is 0 Å². The second-order valence-corrected chi connectivity index (χ2v) is 3.01. The average Bonchev–Trinajstić information content (AvgIpc) is 2.16. The van der Waals surface area contributed by atoms with Crippen molar-refractivity contribution in [1.29, 1.82) is 0 Å². The monoisotopic (exact) mass is 230 g/mol. The molecule has 2 N–H and O–H groups in total. The molecule has 0 spiro atoms. The van der Waals surface area contributed by atoms with Gasteiger partial charge in [-0.3, -0.25) is 9.79 Å². The first kappa shape index (κ1) is 12.2. The van der Waals surface area contributed by atoms with Crippen LogP contribution in [0.25, 0.3) is 0 Å². The van der Waals surface area contributed by atoms with Gasteiger partial charge in [-0.1, -0.05) is 12.1 Å². The molecule has 1 aromatic carbocycles. The van der Waals surface area contributed by atoms with E-state index in [0.717, 1.165) is 0 Å². The standard InChI is InChI=1S/C10H9F3N2O/c11-10(12,13)5-6-15-8-4-2-1-3-7(8)9(14)16/h1-4,6H,5H2,(H2,14,16). The van der Waals surface area contributed by atoms with E-state index in [9.17, 15) is 18.0 Å². The number of hydrogen-bond acceptors (Lipinski definition) is 2. The van der Waals surface area contributed by atoms with Crippen molar-refractivity contribution in [3.8, 4) is 0 Å². The summed E-state index contributed by atoms with van der Waals surface area (Å²) in [4.78, 5) is 14.5. The van der Waals surface area contributed by atoms with Crippen molar-refractivity contribution in [3.63, 3.8) is 0 Å². The van der Waals surface area contributed by atoms with Gasteiger partial charge in [-0.2, -0.15) is 13.2 Å². The topological polar surface area (TPSA) is 55.5 Å². The predicted octanol–water partition coefficient (Wildman–Crippen LogP) is 2.44. The lowest BCUT2D eigenvalue weighted by Crippen LogP contribution is -2.11. The number of aliphatic imine (C=N–C) groups is 1. The minimum atomic E-state index is -4.30. The maximum absolute atomic E-state index is 11.8. The van der Waals surface area contributed by atoms with E-state index in [2.05, 4.69) is 4.99 Å². The van der Waals surface area contributed by atoms with Gasteiger partial charge in [-0.15, -0.1) is 0 Å². The van der Waals surface area contributed by atoms with Gasteiger partial charge in [0.05, 0.1) is 17.7 Å². The van der Waals surface area contributed by atoms with E-state index in [1.54, 1.807) is 12.1 Å². The summed E-state index contributed by atoms with van der Waals surface area (Å²) < 4.78 is 35.5.